The fourth-order valence-electron chi connectivity index (χ4n) is 3.04. The van der Waals surface area contributed by atoms with Gasteiger partial charge in [0.25, 0.3) is 5.91 Å². The Labute approximate surface area is 151 Å². The first-order valence-corrected chi connectivity index (χ1v) is 8.47. The van der Waals surface area contributed by atoms with E-state index < -0.39 is 0 Å². The molecule has 3 aromatic carbocycles. The summed E-state index contributed by atoms with van der Waals surface area (Å²) in [6.07, 6.45) is 3.17. The molecule has 4 rings (SSSR count). The summed E-state index contributed by atoms with van der Waals surface area (Å²) >= 11 is 0. The smallest absolute Gasteiger partial charge is 0.251 e. The number of benzene rings is 3. The lowest BCUT2D eigenvalue weighted by atomic mass is 10.1. The van der Waals surface area contributed by atoms with Crippen molar-refractivity contribution in [2.24, 2.45) is 0 Å². The van der Waals surface area contributed by atoms with E-state index in [2.05, 4.69) is 15.4 Å². The van der Waals surface area contributed by atoms with Crippen molar-refractivity contribution in [3.63, 3.8) is 0 Å². The Hall–Kier alpha value is -3.47. The number of amides is 1. The van der Waals surface area contributed by atoms with Gasteiger partial charge in [-0.3, -0.25) is 4.79 Å². The average Bonchev–Trinajstić information content (AvgIpc) is 3.23. The highest BCUT2D eigenvalue weighted by atomic mass is 16.1. The highest BCUT2D eigenvalue weighted by Gasteiger charge is 2.16. The second kappa shape index (κ2) is 7.19. The summed E-state index contributed by atoms with van der Waals surface area (Å²) in [5.41, 5.74) is 1.71. The van der Waals surface area contributed by atoms with Crippen molar-refractivity contribution < 1.29 is 4.79 Å². The van der Waals surface area contributed by atoms with E-state index >= 15 is 0 Å². The molecular weight excluding hydrogens is 324 g/mol. The molecule has 0 saturated heterocycles. The van der Waals surface area contributed by atoms with E-state index in [4.69, 9.17) is 0 Å². The molecule has 1 amide bonds. The zero-order chi connectivity index (χ0) is 17.8. The third kappa shape index (κ3) is 3.32. The van der Waals surface area contributed by atoms with E-state index in [1.807, 2.05) is 72.8 Å². The molecule has 0 aliphatic carbocycles. The van der Waals surface area contributed by atoms with Gasteiger partial charge >= 0.3 is 0 Å². The fraction of sp³-hybridized carbons (Fsp3) is 0.0952. The molecule has 0 fully saturated rings. The first kappa shape index (κ1) is 16.0. The van der Waals surface area contributed by atoms with Crippen molar-refractivity contribution >= 4 is 16.7 Å². The Balaban J connectivity index is 1.54. The fourth-order valence-corrected chi connectivity index (χ4v) is 3.04. The third-order valence-corrected chi connectivity index (χ3v) is 4.41. The van der Waals surface area contributed by atoms with Crippen molar-refractivity contribution in [3.05, 3.63) is 96.6 Å². The molecule has 0 radical (unpaired) electrons. The Morgan fingerprint density at radius 1 is 0.962 bits per heavy atom. The molecule has 0 bridgehead atoms. The Kier molecular flexibility index (Phi) is 4.43. The Bertz CT molecular complexity index is 1010. The van der Waals surface area contributed by atoms with E-state index in [0.717, 1.165) is 16.3 Å². The van der Waals surface area contributed by atoms with Crippen molar-refractivity contribution in [1.82, 2.24) is 20.1 Å². The molecule has 0 aliphatic heterocycles. The number of aromatic nitrogens is 3. The normalized spacial score (nSPS) is 12.0. The molecule has 1 N–H and O–H groups in total. The molecule has 0 aliphatic rings. The average molecular weight is 342 g/mol. The zero-order valence-electron chi connectivity index (χ0n) is 14.1. The second-order valence-corrected chi connectivity index (χ2v) is 6.07. The van der Waals surface area contributed by atoms with Gasteiger partial charge in [-0.2, -0.15) is 5.10 Å². The molecule has 1 unspecified atom stereocenters. The maximum atomic E-state index is 12.6. The van der Waals surface area contributed by atoms with Gasteiger partial charge in [0.15, 0.2) is 0 Å². The quantitative estimate of drug-likeness (QED) is 0.604. The van der Waals surface area contributed by atoms with Crippen LogP contribution in [0.1, 0.15) is 22.0 Å². The molecule has 0 saturated carbocycles. The van der Waals surface area contributed by atoms with E-state index in [0.29, 0.717) is 12.1 Å². The molecule has 1 aromatic heterocycles. The van der Waals surface area contributed by atoms with Crippen molar-refractivity contribution in [1.29, 1.82) is 0 Å². The van der Waals surface area contributed by atoms with E-state index in [1.54, 1.807) is 11.0 Å². The summed E-state index contributed by atoms with van der Waals surface area (Å²) in [6, 6.07) is 23.6. The van der Waals surface area contributed by atoms with Crippen LogP contribution < -0.4 is 5.32 Å². The summed E-state index contributed by atoms with van der Waals surface area (Å²) in [6.45, 7) is 0.430. The SMILES string of the molecule is O=C(NCC(c1ccccc1)n1cncn1)c1ccc2ccccc2c1. The summed E-state index contributed by atoms with van der Waals surface area (Å²) in [4.78, 5) is 16.7. The number of carbonyl (C=O) groups excluding carboxylic acids is 1. The first-order valence-electron chi connectivity index (χ1n) is 8.47. The first-order chi connectivity index (χ1) is 12.8. The van der Waals surface area contributed by atoms with Gasteiger partial charge in [-0.15, -0.1) is 0 Å². The van der Waals surface area contributed by atoms with Gasteiger partial charge in [-0.05, 0) is 28.5 Å². The van der Waals surface area contributed by atoms with Crippen molar-refractivity contribution in [2.75, 3.05) is 6.54 Å². The van der Waals surface area contributed by atoms with Gasteiger partial charge in [0, 0.05) is 12.1 Å². The number of hydrogen-bond acceptors (Lipinski definition) is 3. The van der Waals surface area contributed by atoms with Crippen molar-refractivity contribution in [2.45, 2.75) is 6.04 Å². The Morgan fingerprint density at radius 3 is 2.50 bits per heavy atom. The Morgan fingerprint density at radius 2 is 1.73 bits per heavy atom. The largest absolute Gasteiger partial charge is 0.350 e. The molecule has 5 nitrogen and oxygen atoms in total. The molecule has 5 heteroatoms. The standard InChI is InChI=1S/C21H18N4O/c26-21(19-11-10-16-6-4-5-9-18(16)12-19)23-13-20(25-15-22-14-24-25)17-7-2-1-3-8-17/h1-12,14-15,20H,13H2,(H,23,26). The number of nitrogens with zero attached hydrogens (tertiary/aromatic N) is 3. The minimum absolute atomic E-state index is 0.100. The van der Waals surface area contributed by atoms with Gasteiger partial charge in [0.05, 0.1) is 6.04 Å². The minimum atomic E-state index is -0.108. The second-order valence-electron chi connectivity index (χ2n) is 6.07. The van der Waals surface area contributed by atoms with Crippen molar-refractivity contribution in [3.8, 4) is 0 Å². The molecule has 0 spiro atoms. The highest BCUT2D eigenvalue weighted by molar-refractivity contribution is 5.98. The van der Waals surface area contributed by atoms with Crippen LogP contribution in [0.3, 0.4) is 0 Å². The summed E-state index contributed by atoms with van der Waals surface area (Å²) < 4.78 is 1.76. The number of nitrogens with one attached hydrogen (secondary N) is 1. The molecular formula is C21H18N4O. The number of hydrogen-bond donors (Lipinski definition) is 1. The van der Waals surface area contributed by atoms with Crippen LogP contribution >= 0.6 is 0 Å². The maximum Gasteiger partial charge on any atom is 0.251 e. The molecule has 4 aromatic rings. The van der Waals surface area contributed by atoms with Crippen LogP contribution in [0.25, 0.3) is 10.8 Å². The topological polar surface area (TPSA) is 59.8 Å². The van der Waals surface area contributed by atoms with Crippen LogP contribution in [-0.4, -0.2) is 27.2 Å². The van der Waals surface area contributed by atoms with Crippen LogP contribution in [0.15, 0.2) is 85.5 Å². The van der Waals surface area contributed by atoms with Crippen LogP contribution in [0.4, 0.5) is 0 Å². The van der Waals surface area contributed by atoms with Crippen LogP contribution in [0.2, 0.25) is 0 Å². The van der Waals surface area contributed by atoms with Crippen LogP contribution in [-0.2, 0) is 0 Å². The molecule has 26 heavy (non-hydrogen) atoms. The minimum Gasteiger partial charge on any atom is -0.350 e. The lowest BCUT2D eigenvalue weighted by molar-refractivity contribution is 0.0949. The predicted molar refractivity (Wildman–Crippen MR) is 101 cm³/mol. The van der Waals surface area contributed by atoms with E-state index in [-0.39, 0.29) is 11.9 Å². The van der Waals surface area contributed by atoms with E-state index in [1.165, 1.54) is 6.33 Å². The van der Waals surface area contributed by atoms with Gasteiger partial charge < -0.3 is 5.32 Å². The summed E-state index contributed by atoms with van der Waals surface area (Å²) in [5.74, 6) is -0.100. The monoisotopic (exact) mass is 342 g/mol. The summed E-state index contributed by atoms with van der Waals surface area (Å²) in [7, 11) is 0. The van der Waals surface area contributed by atoms with Gasteiger partial charge in [0.2, 0.25) is 0 Å². The number of fused-ring (bicyclic) bond motifs is 1. The lowest BCUT2D eigenvalue weighted by Crippen LogP contribution is -2.31. The third-order valence-electron chi connectivity index (χ3n) is 4.41. The van der Waals surface area contributed by atoms with Gasteiger partial charge in [0.1, 0.15) is 12.7 Å². The highest BCUT2D eigenvalue weighted by Crippen LogP contribution is 2.18. The van der Waals surface area contributed by atoms with E-state index in [9.17, 15) is 4.79 Å². The number of rotatable bonds is 5. The summed E-state index contributed by atoms with van der Waals surface area (Å²) in [5, 5.41) is 9.43. The molecule has 1 atom stereocenters. The lowest BCUT2D eigenvalue weighted by Gasteiger charge is -2.18. The molecule has 1 heterocycles. The van der Waals surface area contributed by atoms with Crippen LogP contribution in [0, 0.1) is 0 Å². The van der Waals surface area contributed by atoms with Crippen LogP contribution in [0.5, 0.6) is 0 Å². The zero-order valence-corrected chi connectivity index (χ0v) is 14.1. The number of carbonyl (C=O) groups is 1. The van der Waals surface area contributed by atoms with Gasteiger partial charge in [-0.1, -0.05) is 60.7 Å². The maximum absolute atomic E-state index is 12.6. The predicted octanol–water partition coefficient (Wildman–Crippen LogP) is 3.45. The van der Waals surface area contributed by atoms with Gasteiger partial charge in [-0.25, -0.2) is 9.67 Å². The molecule has 128 valence electrons.